The van der Waals surface area contributed by atoms with E-state index in [4.69, 9.17) is 5.11 Å². The zero-order valence-electron chi connectivity index (χ0n) is 13.1. The Kier molecular flexibility index (Phi) is 6.02. The van der Waals surface area contributed by atoms with Gasteiger partial charge >= 0.3 is 0 Å². The number of benzene rings is 1. The van der Waals surface area contributed by atoms with Crippen LogP contribution in [0.5, 0.6) is 0 Å². The number of aliphatic hydroxyl groups excluding tert-OH is 1. The highest BCUT2D eigenvalue weighted by molar-refractivity contribution is 5.34. The second-order valence-corrected chi connectivity index (χ2v) is 6.48. The standard InChI is InChI=1S/C17H29NO/c1-6-14(12-19)10-18-11-15-7-8-16(9-13(15)2)17(3,4)5/h7-9,14,18-19H,6,10-12H2,1-5H3. The molecule has 1 unspecified atom stereocenters. The Morgan fingerprint density at radius 1 is 1.26 bits per heavy atom. The number of nitrogens with one attached hydrogen (secondary N) is 1. The van der Waals surface area contributed by atoms with Gasteiger partial charge in [0.25, 0.3) is 0 Å². The van der Waals surface area contributed by atoms with Crippen LogP contribution in [0.25, 0.3) is 0 Å². The van der Waals surface area contributed by atoms with E-state index in [1.165, 1.54) is 16.7 Å². The smallest absolute Gasteiger partial charge is 0.0471 e. The van der Waals surface area contributed by atoms with Crippen molar-refractivity contribution < 1.29 is 5.11 Å². The largest absolute Gasteiger partial charge is 0.396 e. The topological polar surface area (TPSA) is 32.3 Å². The van der Waals surface area contributed by atoms with E-state index in [0.717, 1.165) is 19.5 Å². The predicted octanol–water partition coefficient (Wildman–Crippen LogP) is 3.40. The van der Waals surface area contributed by atoms with Crippen molar-refractivity contribution in [3.05, 3.63) is 34.9 Å². The van der Waals surface area contributed by atoms with Crippen LogP contribution in [-0.4, -0.2) is 18.3 Å². The first-order valence-electron chi connectivity index (χ1n) is 7.30. The average molecular weight is 263 g/mol. The maximum Gasteiger partial charge on any atom is 0.0471 e. The molecule has 0 bridgehead atoms. The van der Waals surface area contributed by atoms with E-state index in [1.54, 1.807) is 0 Å². The lowest BCUT2D eigenvalue weighted by Gasteiger charge is -2.21. The average Bonchev–Trinajstić information content (AvgIpc) is 2.35. The summed E-state index contributed by atoms with van der Waals surface area (Å²) in [6.07, 6.45) is 1.02. The quantitative estimate of drug-likeness (QED) is 0.824. The molecular weight excluding hydrogens is 234 g/mol. The molecule has 2 nitrogen and oxygen atoms in total. The molecule has 1 atom stereocenters. The van der Waals surface area contributed by atoms with Crippen LogP contribution in [0.1, 0.15) is 50.8 Å². The van der Waals surface area contributed by atoms with Crippen LogP contribution in [0.3, 0.4) is 0 Å². The molecule has 0 amide bonds. The first kappa shape index (κ1) is 16.2. The van der Waals surface area contributed by atoms with Crippen molar-refractivity contribution in [3.8, 4) is 0 Å². The van der Waals surface area contributed by atoms with E-state index in [2.05, 4.69) is 58.1 Å². The summed E-state index contributed by atoms with van der Waals surface area (Å²) in [6, 6.07) is 6.75. The maximum absolute atomic E-state index is 9.16. The Bertz CT molecular complexity index is 389. The summed E-state index contributed by atoms with van der Waals surface area (Å²) in [5.41, 5.74) is 4.29. The fourth-order valence-corrected chi connectivity index (χ4v) is 2.11. The molecule has 0 radical (unpaired) electrons. The van der Waals surface area contributed by atoms with Gasteiger partial charge in [0, 0.05) is 19.7 Å². The van der Waals surface area contributed by atoms with Gasteiger partial charge in [0.05, 0.1) is 0 Å². The van der Waals surface area contributed by atoms with Gasteiger partial charge in [0.1, 0.15) is 0 Å². The molecule has 0 aliphatic carbocycles. The van der Waals surface area contributed by atoms with E-state index >= 15 is 0 Å². The minimum absolute atomic E-state index is 0.209. The number of aryl methyl sites for hydroxylation is 1. The van der Waals surface area contributed by atoms with Crippen molar-refractivity contribution in [1.29, 1.82) is 0 Å². The van der Waals surface area contributed by atoms with Crippen molar-refractivity contribution in [2.24, 2.45) is 5.92 Å². The number of hydrogen-bond acceptors (Lipinski definition) is 2. The normalized spacial score (nSPS) is 13.6. The van der Waals surface area contributed by atoms with Crippen LogP contribution >= 0.6 is 0 Å². The first-order chi connectivity index (χ1) is 8.88. The summed E-state index contributed by atoms with van der Waals surface area (Å²) >= 11 is 0. The highest BCUT2D eigenvalue weighted by atomic mass is 16.3. The summed E-state index contributed by atoms with van der Waals surface area (Å²) in [4.78, 5) is 0. The van der Waals surface area contributed by atoms with Gasteiger partial charge in [-0.25, -0.2) is 0 Å². The third kappa shape index (κ3) is 4.96. The maximum atomic E-state index is 9.16. The van der Waals surface area contributed by atoms with Gasteiger partial charge in [-0.1, -0.05) is 45.9 Å². The lowest BCUT2D eigenvalue weighted by Crippen LogP contribution is -2.24. The second-order valence-electron chi connectivity index (χ2n) is 6.48. The lowest BCUT2D eigenvalue weighted by atomic mass is 9.85. The molecule has 0 spiro atoms. The molecule has 0 aliphatic heterocycles. The summed E-state index contributed by atoms with van der Waals surface area (Å²) in [6.45, 7) is 13.1. The summed E-state index contributed by atoms with van der Waals surface area (Å²) < 4.78 is 0. The molecule has 0 aliphatic rings. The van der Waals surface area contributed by atoms with E-state index in [0.29, 0.717) is 5.92 Å². The van der Waals surface area contributed by atoms with Gasteiger partial charge in [-0.2, -0.15) is 0 Å². The third-order valence-electron chi connectivity index (χ3n) is 3.79. The van der Waals surface area contributed by atoms with Crippen LogP contribution in [-0.2, 0) is 12.0 Å². The second kappa shape index (κ2) is 7.06. The molecule has 0 heterocycles. The van der Waals surface area contributed by atoms with Crippen molar-refractivity contribution in [2.45, 2.75) is 53.0 Å². The van der Waals surface area contributed by atoms with Crippen molar-refractivity contribution >= 4 is 0 Å². The van der Waals surface area contributed by atoms with Gasteiger partial charge in [0.2, 0.25) is 0 Å². The van der Waals surface area contributed by atoms with Gasteiger partial charge in [-0.05, 0) is 41.4 Å². The number of rotatable bonds is 6. The van der Waals surface area contributed by atoms with Crippen LogP contribution in [0.2, 0.25) is 0 Å². The first-order valence-corrected chi connectivity index (χ1v) is 7.30. The zero-order chi connectivity index (χ0) is 14.5. The number of aliphatic hydroxyl groups is 1. The van der Waals surface area contributed by atoms with Crippen molar-refractivity contribution in [1.82, 2.24) is 5.32 Å². The Morgan fingerprint density at radius 2 is 1.95 bits per heavy atom. The van der Waals surface area contributed by atoms with Crippen LogP contribution in [0.15, 0.2) is 18.2 Å². The predicted molar refractivity (Wildman–Crippen MR) is 82.5 cm³/mol. The zero-order valence-corrected chi connectivity index (χ0v) is 13.1. The summed E-state index contributed by atoms with van der Waals surface area (Å²) in [5, 5.41) is 12.6. The Balaban J connectivity index is 2.61. The molecule has 1 rings (SSSR count). The number of hydrogen-bond donors (Lipinski definition) is 2. The molecule has 1 aromatic rings. The van der Waals surface area contributed by atoms with Crippen LogP contribution in [0.4, 0.5) is 0 Å². The van der Waals surface area contributed by atoms with Crippen LogP contribution in [0, 0.1) is 12.8 Å². The molecular formula is C17H29NO. The monoisotopic (exact) mass is 263 g/mol. The van der Waals surface area contributed by atoms with Gasteiger partial charge in [-0.15, -0.1) is 0 Å². The van der Waals surface area contributed by atoms with Gasteiger partial charge < -0.3 is 10.4 Å². The molecule has 0 saturated carbocycles. The molecule has 0 saturated heterocycles. The fraction of sp³-hybridized carbons (Fsp3) is 0.647. The van der Waals surface area contributed by atoms with Crippen molar-refractivity contribution in [3.63, 3.8) is 0 Å². The molecule has 1 aromatic carbocycles. The Hall–Kier alpha value is -0.860. The Morgan fingerprint density at radius 3 is 2.42 bits per heavy atom. The molecule has 0 fully saturated rings. The van der Waals surface area contributed by atoms with E-state index in [-0.39, 0.29) is 12.0 Å². The highest BCUT2D eigenvalue weighted by Crippen LogP contribution is 2.24. The molecule has 2 N–H and O–H groups in total. The SMILES string of the molecule is CCC(CO)CNCc1ccc(C(C)(C)C)cc1C. The molecule has 0 aromatic heterocycles. The minimum Gasteiger partial charge on any atom is -0.396 e. The highest BCUT2D eigenvalue weighted by Gasteiger charge is 2.14. The third-order valence-corrected chi connectivity index (χ3v) is 3.79. The molecule has 19 heavy (non-hydrogen) atoms. The fourth-order valence-electron chi connectivity index (χ4n) is 2.11. The summed E-state index contributed by atoms with van der Waals surface area (Å²) in [5.74, 6) is 0.370. The van der Waals surface area contributed by atoms with Gasteiger partial charge in [-0.3, -0.25) is 0 Å². The Labute approximate surface area is 118 Å². The van der Waals surface area contributed by atoms with E-state index in [1.807, 2.05) is 0 Å². The van der Waals surface area contributed by atoms with E-state index in [9.17, 15) is 0 Å². The van der Waals surface area contributed by atoms with E-state index < -0.39 is 0 Å². The minimum atomic E-state index is 0.209. The van der Waals surface area contributed by atoms with Gasteiger partial charge in [0.15, 0.2) is 0 Å². The van der Waals surface area contributed by atoms with Crippen molar-refractivity contribution in [2.75, 3.05) is 13.2 Å². The lowest BCUT2D eigenvalue weighted by molar-refractivity contribution is 0.218. The summed E-state index contributed by atoms with van der Waals surface area (Å²) in [7, 11) is 0. The van der Waals surface area contributed by atoms with Crippen LogP contribution < -0.4 is 5.32 Å². The molecule has 2 heteroatoms. The molecule has 108 valence electrons.